The van der Waals surface area contributed by atoms with Crippen molar-refractivity contribution < 1.29 is 10.0 Å². The first kappa shape index (κ1) is 16.6. The predicted octanol–water partition coefficient (Wildman–Crippen LogP) is 1.72. The molecule has 1 fully saturated rings. The molecule has 0 bridgehead atoms. The van der Waals surface area contributed by atoms with E-state index in [1.807, 2.05) is 6.07 Å². The van der Waals surface area contributed by atoms with Crippen molar-refractivity contribution >= 4 is 5.69 Å². The molecule has 1 aliphatic rings. The zero-order valence-electron chi connectivity index (χ0n) is 13.5. The number of aliphatic hydroxyl groups is 1. The summed E-state index contributed by atoms with van der Waals surface area (Å²) in [6.07, 6.45) is 4.18. The van der Waals surface area contributed by atoms with Crippen molar-refractivity contribution in [1.29, 1.82) is 0 Å². The molecule has 2 atom stereocenters. The zero-order chi connectivity index (χ0) is 16.9. The summed E-state index contributed by atoms with van der Waals surface area (Å²) >= 11 is 0. The van der Waals surface area contributed by atoms with Crippen molar-refractivity contribution in [1.82, 2.24) is 14.7 Å². The SMILES string of the molecule is O=[N+]([O-])c1cnn(CC(O)CN2CCC(Cc3ccccc3)C2)c1. The lowest BCUT2D eigenvalue weighted by molar-refractivity contribution is -0.385. The van der Waals surface area contributed by atoms with Crippen LogP contribution in [0.4, 0.5) is 5.69 Å². The normalized spacial score (nSPS) is 19.5. The Labute approximate surface area is 140 Å². The summed E-state index contributed by atoms with van der Waals surface area (Å²) in [5.74, 6) is 0.616. The van der Waals surface area contributed by atoms with E-state index in [2.05, 4.69) is 34.3 Å². The van der Waals surface area contributed by atoms with Crippen LogP contribution in [-0.4, -0.2) is 50.4 Å². The van der Waals surface area contributed by atoms with Crippen molar-refractivity contribution in [3.8, 4) is 0 Å². The zero-order valence-corrected chi connectivity index (χ0v) is 13.5. The van der Waals surface area contributed by atoms with Crippen molar-refractivity contribution in [2.75, 3.05) is 19.6 Å². The van der Waals surface area contributed by atoms with Crippen LogP contribution < -0.4 is 0 Å². The lowest BCUT2D eigenvalue weighted by atomic mass is 9.99. The van der Waals surface area contributed by atoms with Crippen LogP contribution in [0.15, 0.2) is 42.7 Å². The molecule has 0 radical (unpaired) electrons. The van der Waals surface area contributed by atoms with Crippen LogP contribution in [0.25, 0.3) is 0 Å². The van der Waals surface area contributed by atoms with E-state index >= 15 is 0 Å². The first-order chi connectivity index (χ1) is 11.6. The van der Waals surface area contributed by atoms with Gasteiger partial charge in [-0.25, -0.2) is 0 Å². The van der Waals surface area contributed by atoms with Gasteiger partial charge in [0.2, 0.25) is 0 Å². The van der Waals surface area contributed by atoms with Gasteiger partial charge in [-0.2, -0.15) is 5.10 Å². The molecule has 0 aliphatic carbocycles. The molecule has 0 amide bonds. The second-order valence-electron chi connectivity index (χ2n) is 6.44. The molecule has 128 valence electrons. The summed E-state index contributed by atoms with van der Waals surface area (Å²) in [6.45, 7) is 2.80. The van der Waals surface area contributed by atoms with Crippen molar-refractivity contribution in [2.24, 2.45) is 5.92 Å². The van der Waals surface area contributed by atoms with Crippen LogP contribution in [-0.2, 0) is 13.0 Å². The summed E-state index contributed by atoms with van der Waals surface area (Å²) in [6, 6.07) is 10.5. The summed E-state index contributed by atoms with van der Waals surface area (Å²) in [5, 5.41) is 24.8. The highest BCUT2D eigenvalue weighted by atomic mass is 16.6. The molecular formula is C17H22N4O3. The number of aromatic nitrogens is 2. The Hall–Kier alpha value is -2.25. The van der Waals surface area contributed by atoms with Gasteiger partial charge < -0.3 is 10.0 Å². The molecule has 2 heterocycles. The van der Waals surface area contributed by atoms with Crippen molar-refractivity contribution in [2.45, 2.75) is 25.5 Å². The average molecular weight is 330 g/mol. The lowest BCUT2D eigenvalue weighted by Crippen LogP contribution is -2.33. The number of aliphatic hydroxyl groups excluding tert-OH is 1. The second-order valence-corrected chi connectivity index (χ2v) is 6.44. The van der Waals surface area contributed by atoms with Gasteiger partial charge in [-0.05, 0) is 30.9 Å². The van der Waals surface area contributed by atoms with E-state index in [1.54, 1.807) is 0 Å². The predicted molar refractivity (Wildman–Crippen MR) is 89.6 cm³/mol. The van der Waals surface area contributed by atoms with Crippen molar-refractivity contribution in [3.05, 3.63) is 58.4 Å². The summed E-state index contributed by atoms with van der Waals surface area (Å²) in [7, 11) is 0. The van der Waals surface area contributed by atoms with Crippen molar-refractivity contribution in [3.63, 3.8) is 0 Å². The lowest BCUT2D eigenvalue weighted by Gasteiger charge is -2.20. The monoisotopic (exact) mass is 330 g/mol. The Morgan fingerprint density at radius 2 is 2.12 bits per heavy atom. The van der Waals surface area contributed by atoms with Gasteiger partial charge in [-0.1, -0.05) is 30.3 Å². The molecule has 1 aromatic heterocycles. The van der Waals surface area contributed by atoms with Gasteiger partial charge in [0, 0.05) is 13.1 Å². The number of hydrogen-bond acceptors (Lipinski definition) is 5. The molecule has 0 spiro atoms. The smallest absolute Gasteiger partial charge is 0.306 e. The van der Waals surface area contributed by atoms with E-state index in [-0.39, 0.29) is 12.2 Å². The molecule has 2 aromatic rings. The van der Waals surface area contributed by atoms with E-state index in [0.717, 1.165) is 25.9 Å². The fourth-order valence-electron chi connectivity index (χ4n) is 3.31. The molecular weight excluding hydrogens is 308 g/mol. The molecule has 1 N–H and O–H groups in total. The molecule has 1 saturated heterocycles. The highest BCUT2D eigenvalue weighted by Gasteiger charge is 2.24. The number of hydrogen-bond donors (Lipinski definition) is 1. The summed E-state index contributed by atoms with van der Waals surface area (Å²) < 4.78 is 1.43. The van der Waals surface area contributed by atoms with Gasteiger partial charge >= 0.3 is 5.69 Å². The first-order valence-corrected chi connectivity index (χ1v) is 8.21. The maximum absolute atomic E-state index is 10.6. The number of nitro groups is 1. The topological polar surface area (TPSA) is 84.4 Å². The fraction of sp³-hybridized carbons (Fsp3) is 0.471. The third-order valence-corrected chi connectivity index (χ3v) is 4.43. The Morgan fingerprint density at radius 1 is 1.33 bits per heavy atom. The Kier molecular flexibility index (Phi) is 5.22. The molecule has 24 heavy (non-hydrogen) atoms. The maximum Gasteiger partial charge on any atom is 0.306 e. The van der Waals surface area contributed by atoms with Gasteiger partial charge in [-0.3, -0.25) is 14.8 Å². The minimum Gasteiger partial charge on any atom is -0.390 e. The van der Waals surface area contributed by atoms with Crippen LogP contribution in [0, 0.1) is 16.0 Å². The number of β-amino-alcohol motifs (C(OH)–C–C–N with tert-alkyl or cyclic N) is 1. The molecule has 2 unspecified atom stereocenters. The standard InChI is InChI=1S/C17H22N4O3/c22-17(13-20-11-16(9-18-20)21(23)24)12-19-7-6-15(10-19)8-14-4-2-1-3-5-14/h1-5,9,11,15,17,22H,6-8,10,12-13H2. The first-order valence-electron chi connectivity index (χ1n) is 8.21. The van der Waals surface area contributed by atoms with E-state index in [9.17, 15) is 15.2 Å². The molecule has 7 heteroatoms. The van der Waals surface area contributed by atoms with E-state index in [1.165, 1.54) is 22.6 Å². The van der Waals surface area contributed by atoms with Crippen LogP contribution in [0.2, 0.25) is 0 Å². The molecule has 1 aromatic carbocycles. The molecule has 3 rings (SSSR count). The highest BCUT2D eigenvalue weighted by molar-refractivity contribution is 5.20. The minimum atomic E-state index is -0.583. The Morgan fingerprint density at radius 3 is 2.83 bits per heavy atom. The fourth-order valence-corrected chi connectivity index (χ4v) is 3.31. The number of likely N-dealkylation sites (tertiary alicyclic amines) is 1. The number of benzene rings is 1. The van der Waals surface area contributed by atoms with E-state index in [4.69, 9.17) is 0 Å². The molecule has 0 saturated carbocycles. The quantitative estimate of drug-likeness (QED) is 0.617. The van der Waals surface area contributed by atoms with E-state index < -0.39 is 11.0 Å². The van der Waals surface area contributed by atoms with Gasteiger partial charge in [0.05, 0.1) is 17.6 Å². The summed E-state index contributed by atoms with van der Waals surface area (Å²) in [4.78, 5) is 12.4. The molecule has 1 aliphatic heterocycles. The Bertz CT molecular complexity index is 673. The van der Waals surface area contributed by atoms with Crippen LogP contribution >= 0.6 is 0 Å². The third-order valence-electron chi connectivity index (χ3n) is 4.43. The number of rotatable bonds is 7. The van der Waals surface area contributed by atoms with E-state index in [0.29, 0.717) is 12.5 Å². The average Bonchev–Trinajstić information content (AvgIpc) is 3.18. The van der Waals surface area contributed by atoms with Gasteiger partial charge in [-0.15, -0.1) is 0 Å². The Balaban J connectivity index is 1.45. The highest BCUT2D eigenvalue weighted by Crippen LogP contribution is 2.21. The molecule has 7 nitrogen and oxygen atoms in total. The summed E-state index contributed by atoms with van der Waals surface area (Å²) in [5.41, 5.74) is 1.31. The number of nitrogens with zero attached hydrogens (tertiary/aromatic N) is 4. The van der Waals surface area contributed by atoms with Gasteiger partial charge in [0.1, 0.15) is 12.4 Å². The second kappa shape index (κ2) is 7.55. The minimum absolute atomic E-state index is 0.0497. The largest absolute Gasteiger partial charge is 0.390 e. The van der Waals surface area contributed by atoms with Crippen LogP contribution in [0.5, 0.6) is 0 Å². The van der Waals surface area contributed by atoms with Gasteiger partial charge in [0.25, 0.3) is 0 Å². The van der Waals surface area contributed by atoms with Crippen LogP contribution in [0.1, 0.15) is 12.0 Å². The third kappa shape index (κ3) is 4.39. The van der Waals surface area contributed by atoms with Gasteiger partial charge in [0.15, 0.2) is 0 Å². The van der Waals surface area contributed by atoms with Crippen LogP contribution in [0.3, 0.4) is 0 Å². The maximum atomic E-state index is 10.6.